The van der Waals surface area contributed by atoms with Crippen molar-refractivity contribution >= 4 is 21.6 Å². The fourth-order valence-corrected chi connectivity index (χ4v) is 3.99. The minimum absolute atomic E-state index is 0.00802. The second-order valence-corrected chi connectivity index (χ2v) is 7.88. The summed E-state index contributed by atoms with van der Waals surface area (Å²) in [6, 6.07) is 4.85. The van der Waals surface area contributed by atoms with Crippen molar-refractivity contribution in [3.05, 3.63) is 24.3 Å². The van der Waals surface area contributed by atoms with Crippen LogP contribution in [0.1, 0.15) is 19.8 Å². The van der Waals surface area contributed by atoms with Crippen LogP contribution in [0, 0.1) is 5.92 Å². The van der Waals surface area contributed by atoms with Crippen molar-refractivity contribution in [3.63, 3.8) is 0 Å². The number of carbonyl (C=O) groups is 1. The number of halogens is 3. The number of amides is 1. The van der Waals surface area contributed by atoms with Crippen LogP contribution in [-0.2, 0) is 14.8 Å². The van der Waals surface area contributed by atoms with E-state index in [0.717, 1.165) is 19.9 Å². The van der Waals surface area contributed by atoms with Gasteiger partial charge < -0.3 is 4.90 Å². The molecular formula is C15H19F3N2O3S. The van der Waals surface area contributed by atoms with Gasteiger partial charge in [-0.05, 0) is 43.0 Å². The Bertz CT molecular complexity index is 694. The van der Waals surface area contributed by atoms with Gasteiger partial charge in [0.25, 0.3) is 0 Å². The average molecular weight is 364 g/mol. The van der Waals surface area contributed by atoms with Gasteiger partial charge in [0.05, 0.1) is 4.90 Å². The van der Waals surface area contributed by atoms with Crippen LogP contribution in [0.5, 0.6) is 0 Å². The van der Waals surface area contributed by atoms with Gasteiger partial charge in [-0.3, -0.25) is 4.79 Å². The van der Waals surface area contributed by atoms with Gasteiger partial charge >= 0.3 is 12.1 Å². The molecule has 9 heteroatoms. The van der Waals surface area contributed by atoms with E-state index in [2.05, 4.69) is 6.92 Å². The molecule has 0 aromatic heterocycles. The number of anilines is 1. The molecule has 5 nitrogen and oxygen atoms in total. The predicted molar refractivity (Wildman–Crippen MR) is 83.1 cm³/mol. The zero-order valence-corrected chi connectivity index (χ0v) is 14.2. The molecule has 0 radical (unpaired) electrons. The van der Waals surface area contributed by atoms with Gasteiger partial charge in [-0.25, -0.2) is 8.42 Å². The molecule has 1 heterocycles. The maximum absolute atomic E-state index is 12.5. The van der Waals surface area contributed by atoms with Crippen LogP contribution in [0.25, 0.3) is 0 Å². The first-order valence-electron chi connectivity index (χ1n) is 7.48. The molecule has 0 saturated carbocycles. The van der Waals surface area contributed by atoms with Gasteiger partial charge in [0.15, 0.2) is 0 Å². The van der Waals surface area contributed by atoms with Gasteiger partial charge in [0.1, 0.15) is 0 Å². The molecule has 134 valence electrons. The molecule has 1 aromatic carbocycles. The molecule has 0 unspecified atom stereocenters. The van der Waals surface area contributed by atoms with E-state index in [-0.39, 0.29) is 10.6 Å². The van der Waals surface area contributed by atoms with Crippen LogP contribution < -0.4 is 4.90 Å². The number of rotatable bonds is 3. The highest BCUT2D eigenvalue weighted by molar-refractivity contribution is 7.89. The Morgan fingerprint density at radius 3 is 2.12 bits per heavy atom. The van der Waals surface area contributed by atoms with Gasteiger partial charge in [0, 0.05) is 25.8 Å². The molecule has 0 bridgehead atoms. The summed E-state index contributed by atoms with van der Waals surface area (Å²) in [6.45, 7) is 2.92. The number of benzene rings is 1. The second-order valence-electron chi connectivity index (χ2n) is 5.94. The standard InChI is InChI=1S/C15H19F3N2O3S/c1-11-7-9-20(10-8-11)24(22,23)13-5-3-12(4-6-13)19(2)14(21)15(16,17)18/h3-6,11H,7-10H2,1-2H3. The van der Waals surface area contributed by atoms with E-state index in [1.165, 1.54) is 28.6 Å². The SMILES string of the molecule is CC1CCN(S(=O)(=O)c2ccc(N(C)C(=O)C(F)(F)F)cc2)CC1. The molecule has 1 aromatic rings. The Balaban J connectivity index is 2.18. The third kappa shape index (κ3) is 3.89. The quantitative estimate of drug-likeness (QED) is 0.829. The summed E-state index contributed by atoms with van der Waals surface area (Å²) in [6.07, 6.45) is -3.43. The lowest BCUT2D eigenvalue weighted by molar-refractivity contribution is -0.170. The third-order valence-electron chi connectivity index (χ3n) is 4.15. The highest BCUT2D eigenvalue weighted by atomic mass is 32.2. The van der Waals surface area contributed by atoms with Crippen molar-refractivity contribution < 1.29 is 26.4 Å². The minimum Gasteiger partial charge on any atom is -0.308 e. The Labute approximate surface area is 139 Å². The Morgan fingerprint density at radius 1 is 1.17 bits per heavy atom. The lowest BCUT2D eigenvalue weighted by Gasteiger charge is -2.29. The number of hydrogen-bond acceptors (Lipinski definition) is 3. The van der Waals surface area contributed by atoms with E-state index in [1.807, 2.05) is 0 Å². The third-order valence-corrected chi connectivity index (χ3v) is 6.06. The van der Waals surface area contributed by atoms with E-state index in [4.69, 9.17) is 0 Å². The predicted octanol–water partition coefficient (Wildman–Crippen LogP) is 2.63. The first-order chi connectivity index (χ1) is 11.0. The molecule has 0 N–H and O–H groups in total. The van der Waals surface area contributed by atoms with Crippen molar-refractivity contribution in [3.8, 4) is 0 Å². The summed E-state index contributed by atoms with van der Waals surface area (Å²) in [5.74, 6) is -1.54. The van der Waals surface area contributed by atoms with Gasteiger partial charge in [-0.2, -0.15) is 17.5 Å². The number of sulfonamides is 1. The molecule has 0 atom stereocenters. The first-order valence-corrected chi connectivity index (χ1v) is 8.92. The van der Waals surface area contributed by atoms with E-state index in [0.29, 0.717) is 23.9 Å². The molecule has 0 aliphatic carbocycles. The smallest absolute Gasteiger partial charge is 0.308 e. The van der Waals surface area contributed by atoms with Crippen LogP contribution >= 0.6 is 0 Å². The van der Waals surface area contributed by atoms with Crippen molar-refractivity contribution in [1.29, 1.82) is 0 Å². The summed E-state index contributed by atoms with van der Waals surface area (Å²) < 4.78 is 63.8. The summed E-state index contributed by atoms with van der Waals surface area (Å²) in [7, 11) is -2.68. The van der Waals surface area contributed by atoms with Crippen molar-refractivity contribution in [2.75, 3.05) is 25.0 Å². The maximum atomic E-state index is 12.5. The van der Waals surface area contributed by atoms with E-state index in [9.17, 15) is 26.4 Å². The van der Waals surface area contributed by atoms with Crippen molar-refractivity contribution in [2.24, 2.45) is 5.92 Å². The van der Waals surface area contributed by atoms with Crippen molar-refractivity contribution in [2.45, 2.75) is 30.8 Å². The average Bonchev–Trinajstić information content (AvgIpc) is 2.53. The van der Waals surface area contributed by atoms with Crippen LogP contribution in [0.2, 0.25) is 0 Å². The second kappa shape index (κ2) is 6.72. The summed E-state index contributed by atoms with van der Waals surface area (Å²) in [5.41, 5.74) is -0.0245. The maximum Gasteiger partial charge on any atom is 0.471 e. The molecular weight excluding hydrogens is 345 g/mol. The number of nitrogens with zero attached hydrogens (tertiary/aromatic N) is 2. The lowest BCUT2D eigenvalue weighted by atomic mass is 10.0. The number of piperidine rings is 1. The van der Waals surface area contributed by atoms with Crippen LogP contribution in [0.4, 0.5) is 18.9 Å². The molecule has 0 spiro atoms. The fourth-order valence-electron chi connectivity index (χ4n) is 2.52. The van der Waals surface area contributed by atoms with E-state index < -0.39 is 22.1 Å². The summed E-state index contributed by atoms with van der Waals surface area (Å²) in [4.78, 5) is 11.7. The molecule has 1 aliphatic rings. The summed E-state index contributed by atoms with van der Waals surface area (Å²) >= 11 is 0. The Hall–Kier alpha value is -1.61. The summed E-state index contributed by atoms with van der Waals surface area (Å²) in [5, 5.41) is 0. The van der Waals surface area contributed by atoms with Gasteiger partial charge in [0.2, 0.25) is 10.0 Å². The molecule has 24 heavy (non-hydrogen) atoms. The van der Waals surface area contributed by atoms with E-state index >= 15 is 0 Å². The highest BCUT2D eigenvalue weighted by Gasteiger charge is 2.41. The number of hydrogen-bond donors (Lipinski definition) is 0. The molecule has 1 fully saturated rings. The fraction of sp³-hybridized carbons (Fsp3) is 0.533. The van der Waals surface area contributed by atoms with Crippen LogP contribution in [0.3, 0.4) is 0 Å². The molecule has 1 amide bonds. The monoisotopic (exact) mass is 364 g/mol. The molecule has 2 rings (SSSR count). The first kappa shape index (κ1) is 18.7. The molecule has 1 aliphatic heterocycles. The van der Waals surface area contributed by atoms with Crippen LogP contribution in [0.15, 0.2) is 29.2 Å². The minimum atomic E-state index is -4.98. The largest absolute Gasteiger partial charge is 0.471 e. The Kier molecular flexibility index (Phi) is 5.24. The van der Waals surface area contributed by atoms with Crippen LogP contribution in [-0.4, -0.2) is 44.9 Å². The van der Waals surface area contributed by atoms with Gasteiger partial charge in [-0.15, -0.1) is 0 Å². The zero-order valence-electron chi connectivity index (χ0n) is 13.4. The lowest BCUT2D eigenvalue weighted by Crippen LogP contribution is -2.39. The topological polar surface area (TPSA) is 57.7 Å². The Morgan fingerprint density at radius 2 is 1.67 bits per heavy atom. The normalized spacial score (nSPS) is 17.7. The number of carbonyl (C=O) groups excluding carboxylic acids is 1. The highest BCUT2D eigenvalue weighted by Crippen LogP contribution is 2.26. The van der Waals surface area contributed by atoms with Gasteiger partial charge in [-0.1, -0.05) is 6.92 Å². The van der Waals surface area contributed by atoms with E-state index in [1.54, 1.807) is 0 Å². The number of alkyl halides is 3. The zero-order chi connectivity index (χ0) is 18.1. The molecule has 1 saturated heterocycles. The van der Waals surface area contributed by atoms with Crippen molar-refractivity contribution in [1.82, 2.24) is 4.31 Å².